The summed E-state index contributed by atoms with van der Waals surface area (Å²) in [5.74, 6) is -0.588. The maximum Gasteiger partial charge on any atom is 0.265 e. The highest BCUT2D eigenvalue weighted by Crippen LogP contribution is 2.30. The van der Waals surface area contributed by atoms with Crippen LogP contribution in [-0.4, -0.2) is 15.5 Å². The summed E-state index contributed by atoms with van der Waals surface area (Å²) in [6, 6.07) is 7.73. The van der Waals surface area contributed by atoms with Crippen LogP contribution < -0.4 is 5.56 Å². The number of nitrogens with zero attached hydrogens (tertiary/aromatic N) is 1. The van der Waals surface area contributed by atoms with Gasteiger partial charge < -0.3 is 9.67 Å². The van der Waals surface area contributed by atoms with Gasteiger partial charge in [0, 0.05) is 18.3 Å². The minimum absolute atomic E-state index is 0.123. The van der Waals surface area contributed by atoms with Gasteiger partial charge in [-0.25, -0.2) is 0 Å². The van der Waals surface area contributed by atoms with Gasteiger partial charge >= 0.3 is 0 Å². The van der Waals surface area contributed by atoms with Crippen molar-refractivity contribution in [1.82, 2.24) is 4.57 Å². The number of hydrogen-bond acceptors (Lipinski definition) is 3. The molecule has 4 nitrogen and oxygen atoms in total. The zero-order valence-electron chi connectivity index (χ0n) is 14.0. The van der Waals surface area contributed by atoms with E-state index in [0.29, 0.717) is 6.42 Å². The highest BCUT2D eigenvalue weighted by Gasteiger charge is 2.24. The van der Waals surface area contributed by atoms with E-state index in [2.05, 4.69) is 0 Å². The van der Waals surface area contributed by atoms with Crippen LogP contribution in [0.15, 0.2) is 35.1 Å². The Kier molecular flexibility index (Phi) is 4.38. The number of ketones is 1. The number of aromatic nitrogens is 1. The van der Waals surface area contributed by atoms with Crippen molar-refractivity contribution in [3.05, 3.63) is 68.6 Å². The maximum absolute atomic E-state index is 12.5. The summed E-state index contributed by atoms with van der Waals surface area (Å²) < 4.78 is 1.52. The molecule has 0 saturated heterocycles. The molecule has 0 bridgehead atoms. The Bertz CT molecular complexity index is 890. The molecule has 0 spiro atoms. The minimum atomic E-state index is -0.456. The van der Waals surface area contributed by atoms with E-state index in [0.717, 1.165) is 41.6 Å². The third-order valence-corrected chi connectivity index (χ3v) is 4.60. The summed E-state index contributed by atoms with van der Waals surface area (Å²) in [5.41, 5.74) is 3.03. The van der Waals surface area contributed by atoms with Gasteiger partial charge in [-0.15, -0.1) is 0 Å². The van der Waals surface area contributed by atoms with Crippen molar-refractivity contribution in [3.8, 4) is 5.75 Å². The van der Waals surface area contributed by atoms with Gasteiger partial charge in [0.15, 0.2) is 5.78 Å². The molecule has 2 aromatic rings. The summed E-state index contributed by atoms with van der Waals surface area (Å²) in [6.07, 6.45) is 6.47. The predicted molar refractivity (Wildman–Crippen MR) is 94.5 cm³/mol. The fourth-order valence-corrected chi connectivity index (χ4v) is 3.31. The van der Waals surface area contributed by atoms with Crippen LogP contribution in [0.1, 0.15) is 45.6 Å². The van der Waals surface area contributed by atoms with E-state index in [-0.39, 0.29) is 11.3 Å². The first-order valence-electron chi connectivity index (χ1n) is 8.22. The van der Waals surface area contributed by atoms with Crippen LogP contribution in [0.3, 0.4) is 0 Å². The first kappa shape index (κ1) is 16.2. The van der Waals surface area contributed by atoms with E-state index < -0.39 is 11.3 Å². The molecule has 1 heterocycles. The van der Waals surface area contributed by atoms with E-state index in [1.54, 1.807) is 13.1 Å². The van der Waals surface area contributed by atoms with Crippen LogP contribution in [0, 0.1) is 6.92 Å². The molecule has 0 fully saturated rings. The van der Waals surface area contributed by atoms with Gasteiger partial charge in [-0.2, -0.15) is 0 Å². The number of hydrogen-bond donors (Lipinski definition) is 1. The van der Waals surface area contributed by atoms with Gasteiger partial charge in [0.05, 0.1) is 0 Å². The van der Waals surface area contributed by atoms with E-state index in [1.165, 1.54) is 10.6 Å². The standard InChI is InChI=1S/C20H21NO3/c1-13-6-5-7-14(12-13)10-11-17(22)18-19(23)15-8-3-4-9-16(15)21(2)20(18)24/h5-7,10-12,23H,3-4,8-9H2,1-2H3. The lowest BCUT2D eigenvalue weighted by Crippen LogP contribution is -2.29. The normalized spacial score (nSPS) is 13.9. The molecule has 0 amide bonds. The number of fused-ring (bicyclic) bond motifs is 1. The quantitative estimate of drug-likeness (QED) is 0.697. The van der Waals surface area contributed by atoms with Gasteiger partial charge in [-0.3, -0.25) is 9.59 Å². The molecule has 0 saturated carbocycles. The number of rotatable bonds is 3. The number of benzene rings is 1. The fraction of sp³-hybridized carbons (Fsp3) is 0.300. The number of allylic oxidation sites excluding steroid dienone is 1. The Hall–Kier alpha value is -2.62. The number of carbonyl (C=O) groups excluding carboxylic acids is 1. The third kappa shape index (κ3) is 2.92. The number of aromatic hydroxyl groups is 1. The van der Waals surface area contributed by atoms with Gasteiger partial charge in [0.25, 0.3) is 5.56 Å². The summed E-state index contributed by atoms with van der Waals surface area (Å²) in [7, 11) is 1.67. The molecule has 1 N–H and O–H groups in total. The second kappa shape index (κ2) is 6.48. The van der Waals surface area contributed by atoms with Crippen molar-refractivity contribution in [2.75, 3.05) is 0 Å². The Labute approximate surface area is 141 Å². The number of carbonyl (C=O) groups is 1. The molecule has 3 rings (SSSR count). The Morgan fingerprint density at radius 1 is 1.25 bits per heavy atom. The lowest BCUT2D eigenvalue weighted by Gasteiger charge is -2.21. The Morgan fingerprint density at radius 2 is 2.00 bits per heavy atom. The fourth-order valence-electron chi connectivity index (χ4n) is 3.31. The van der Waals surface area contributed by atoms with Gasteiger partial charge in [0.2, 0.25) is 0 Å². The van der Waals surface area contributed by atoms with Crippen LogP contribution in [0.2, 0.25) is 0 Å². The number of pyridine rings is 1. The molecule has 4 heteroatoms. The molecule has 24 heavy (non-hydrogen) atoms. The molecule has 1 aliphatic rings. The second-order valence-corrected chi connectivity index (χ2v) is 6.33. The zero-order chi connectivity index (χ0) is 17.3. The number of aryl methyl sites for hydroxylation is 1. The smallest absolute Gasteiger partial charge is 0.265 e. The van der Waals surface area contributed by atoms with E-state index in [4.69, 9.17) is 0 Å². The van der Waals surface area contributed by atoms with Crippen molar-refractivity contribution in [2.45, 2.75) is 32.6 Å². The lowest BCUT2D eigenvalue weighted by molar-refractivity contribution is 0.104. The van der Waals surface area contributed by atoms with Crippen LogP contribution >= 0.6 is 0 Å². The van der Waals surface area contributed by atoms with Crippen molar-refractivity contribution >= 4 is 11.9 Å². The first-order chi connectivity index (χ1) is 11.5. The second-order valence-electron chi connectivity index (χ2n) is 6.33. The van der Waals surface area contributed by atoms with Crippen molar-refractivity contribution in [2.24, 2.45) is 7.05 Å². The summed E-state index contributed by atoms with van der Waals surface area (Å²) in [6.45, 7) is 1.98. The SMILES string of the molecule is Cc1cccc(C=CC(=O)c2c(O)c3c(n(C)c2=O)CCCC3)c1. The molecule has 1 aromatic heterocycles. The van der Waals surface area contributed by atoms with Gasteiger partial charge in [-0.1, -0.05) is 35.9 Å². The van der Waals surface area contributed by atoms with Crippen LogP contribution in [0.4, 0.5) is 0 Å². The first-order valence-corrected chi connectivity index (χ1v) is 8.22. The molecule has 0 radical (unpaired) electrons. The summed E-state index contributed by atoms with van der Waals surface area (Å²) in [5, 5.41) is 10.5. The topological polar surface area (TPSA) is 59.3 Å². The minimum Gasteiger partial charge on any atom is -0.507 e. The van der Waals surface area contributed by atoms with Crippen LogP contribution in [0.5, 0.6) is 5.75 Å². The average molecular weight is 323 g/mol. The van der Waals surface area contributed by atoms with Crippen LogP contribution in [0.25, 0.3) is 6.08 Å². The molecular formula is C20H21NO3. The van der Waals surface area contributed by atoms with E-state index in [9.17, 15) is 14.7 Å². The Balaban J connectivity index is 2.01. The monoisotopic (exact) mass is 323 g/mol. The maximum atomic E-state index is 12.5. The molecule has 0 atom stereocenters. The van der Waals surface area contributed by atoms with Crippen molar-refractivity contribution < 1.29 is 9.90 Å². The van der Waals surface area contributed by atoms with Crippen molar-refractivity contribution in [1.29, 1.82) is 0 Å². The predicted octanol–water partition coefficient (Wildman–Crippen LogP) is 3.17. The van der Waals surface area contributed by atoms with E-state index >= 15 is 0 Å². The molecule has 124 valence electrons. The third-order valence-electron chi connectivity index (χ3n) is 4.60. The molecule has 0 aliphatic heterocycles. The molecule has 1 aliphatic carbocycles. The lowest BCUT2D eigenvalue weighted by atomic mass is 9.92. The largest absolute Gasteiger partial charge is 0.507 e. The van der Waals surface area contributed by atoms with Gasteiger partial charge in [-0.05, 0) is 44.2 Å². The highest BCUT2D eigenvalue weighted by molar-refractivity contribution is 6.08. The molecular weight excluding hydrogens is 302 g/mol. The van der Waals surface area contributed by atoms with Crippen molar-refractivity contribution in [3.63, 3.8) is 0 Å². The average Bonchev–Trinajstić information content (AvgIpc) is 2.58. The molecule has 1 aromatic carbocycles. The summed E-state index contributed by atoms with van der Waals surface area (Å²) >= 11 is 0. The zero-order valence-corrected chi connectivity index (χ0v) is 14.0. The van der Waals surface area contributed by atoms with E-state index in [1.807, 2.05) is 31.2 Å². The molecule has 0 unspecified atom stereocenters. The van der Waals surface area contributed by atoms with Crippen LogP contribution in [-0.2, 0) is 19.9 Å². The Morgan fingerprint density at radius 3 is 2.75 bits per heavy atom. The van der Waals surface area contributed by atoms with Gasteiger partial charge in [0.1, 0.15) is 11.3 Å². The summed E-state index contributed by atoms with van der Waals surface area (Å²) in [4.78, 5) is 25.0. The highest BCUT2D eigenvalue weighted by atomic mass is 16.3.